The van der Waals surface area contributed by atoms with Crippen LogP contribution in [0.15, 0.2) is 48.6 Å². The van der Waals surface area contributed by atoms with Crippen LogP contribution in [0.4, 0.5) is 0 Å². The van der Waals surface area contributed by atoms with Gasteiger partial charge in [-0.3, -0.25) is 14.4 Å². The smallest absolute Gasteiger partial charge is 0.306 e. The Morgan fingerprint density at radius 1 is 0.280 bits per heavy atom. The van der Waals surface area contributed by atoms with Crippen LogP contribution in [0.2, 0.25) is 0 Å². The first-order valence-corrected chi connectivity index (χ1v) is 33.1. The maximum Gasteiger partial charge on any atom is 0.306 e. The zero-order chi connectivity index (χ0) is 54.3. The standard InChI is InChI=1S/C69H126O6/c1-4-7-10-13-16-19-21-23-25-27-28-29-30-31-32-33-34-35-36-37-38-39-40-41-42-43-45-46-48-50-53-56-59-62-68(71)74-65-66(64-73-67(70)61-58-55-52-18-15-12-9-6-3)75-69(72)63-60-57-54-51-49-47-44-26-24-22-20-17-14-11-8-5-2/h7,10,16,19,23,25,28-29,66H,4-6,8-9,11-15,17-18,20-22,24,26-27,30-65H2,1-3H3/b10-7-,19-16-,25-23-,29-28-. The third-order valence-electron chi connectivity index (χ3n) is 14.8. The summed E-state index contributed by atoms with van der Waals surface area (Å²) in [5.41, 5.74) is 0. The monoisotopic (exact) mass is 1050 g/mol. The molecule has 0 aromatic rings. The van der Waals surface area contributed by atoms with Crippen LogP contribution in [-0.4, -0.2) is 37.2 Å². The summed E-state index contributed by atoms with van der Waals surface area (Å²) >= 11 is 0. The van der Waals surface area contributed by atoms with E-state index in [0.29, 0.717) is 19.3 Å². The van der Waals surface area contributed by atoms with E-state index in [4.69, 9.17) is 14.2 Å². The molecule has 0 aliphatic rings. The minimum absolute atomic E-state index is 0.0656. The van der Waals surface area contributed by atoms with Crippen molar-refractivity contribution >= 4 is 17.9 Å². The lowest BCUT2D eigenvalue weighted by Crippen LogP contribution is -2.30. The highest BCUT2D eigenvalue weighted by atomic mass is 16.6. The van der Waals surface area contributed by atoms with Crippen molar-refractivity contribution in [2.75, 3.05) is 13.2 Å². The van der Waals surface area contributed by atoms with Gasteiger partial charge in [0.05, 0.1) is 0 Å². The maximum atomic E-state index is 12.8. The molecule has 6 nitrogen and oxygen atoms in total. The SMILES string of the molecule is CC/C=C\C/C=C\C/C=C\C/C=C\CCCCCCCCCCCCCCCCCCCCCCC(=O)OCC(COC(=O)CCCCCCCCCC)OC(=O)CCCCCCCCCCCCCCCCCC. The van der Waals surface area contributed by atoms with Crippen molar-refractivity contribution in [1.82, 2.24) is 0 Å². The van der Waals surface area contributed by atoms with E-state index in [0.717, 1.165) is 83.5 Å². The lowest BCUT2D eigenvalue weighted by atomic mass is 10.0. The molecule has 0 heterocycles. The average Bonchev–Trinajstić information content (AvgIpc) is 3.41. The second-order valence-corrected chi connectivity index (χ2v) is 22.4. The summed E-state index contributed by atoms with van der Waals surface area (Å²) in [5, 5.41) is 0. The highest BCUT2D eigenvalue weighted by Gasteiger charge is 2.19. The molecular formula is C69H126O6. The lowest BCUT2D eigenvalue weighted by Gasteiger charge is -2.18. The minimum Gasteiger partial charge on any atom is -0.462 e. The molecule has 0 fully saturated rings. The Hall–Kier alpha value is -2.63. The third-order valence-corrected chi connectivity index (χ3v) is 14.8. The van der Waals surface area contributed by atoms with Crippen LogP contribution < -0.4 is 0 Å². The molecule has 6 heteroatoms. The van der Waals surface area contributed by atoms with Gasteiger partial charge in [-0.2, -0.15) is 0 Å². The number of rotatable bonds is 61. The largest absolute Gasteiger partial charge is 0.462 e. The van der Waals surface area contributed by atoms with E-state index in [1.54, 1.807) is 0 Å². The van der Waals surface area contributed by atoms with Gasteiger partial charge < -0.3 is 14.2 Å². The first kappa shape index (κ1) is 72.4. The van der Waals surface area contributed by atoms with E-state index >= 15 is 0 Å². The van der Waals surface area contributed by atoms with E-state index < -0.39 is 6.10 Å². The average molecular weight is 1050 g/mol. The van der Waals surface area contributed by atoms with E-state index in [9.17, 15) is 14.4 Å². The summed E-state index contributed by atoms with van der Waals surface area (Å²) in [6.45, 7) is 6.55. The number of allylic oxidation sites excluding steroid dienone is 8. The van der Waals surface area contributed by atoms with Crippen LogP contribution in [-0.2, 0) is 28.6 Å². The van der Waals surface area contributed by atoms with Gasteiger partial charge in [-0.15, -0.1) is 0 Å². The van der Waals surface area contributed by atoms with E-state index in [1.165, 1.54) is 231 Å². The third kappa shape index (κ3) is 62.1. The molecule has 0 rings (SSSR count). The fourth-order valence-corrected chi connectivity index (χ4v) is 9.91. The van der Waals surface area contributed by atoms with Crippen LogP contribution in [0, 0.1) is 0 Å². The predicted octanol–water partition coefficient (Wildman–Crippen LogP) is 22.6. The number of ether oxygens (including phenoxy) is 3. The van der Waals surface area contributed by atoms with Gasteiger partial charge in [0.25, 0.3) is 0 Å². The molecule has 0 radical (unpaired) electrons. The van der Waals surface area contributed by atoms with Crippen LogP contribution >= 0.6 is 0 Å². The topological polar surface area (TPSA) is 78.9 Å². The lowest BCUT2D eigenvalue weighted by molar-refractivity contribution is -0.167. The quantitative estimate of drug-likeness (QED) is 0.0261. The molecule has 438 valence electrons. The molecule has 0 spiro atoms. The summed E-state index contributed by atoms with van der Waals surface area (Å²) in [7, 11) is 0. The Bertz CT molecular complexity index is 1300. The molecule has 0 aliphatic heterocycles. The van der Waals surface area contributed by atoms with Gasteiger partial charge in [0.2, 0.25) is 0 Å². The normalized spacial score (nSPS) is 12.3. The van der Waals surface area contributed by atoms with E-state index in [1.807, 2.05) is 0 Å². The second kappa shape index (κ2) is 63.9. The van der Waals surface area contributed by atoms with Crippen molar-refractivity contribution in [2.24, 2.45) is 0 Å². The van der Waals surface area contributed by atoms with Crippen molar-refractivity contribution < 1.29 is 28.6 Å². The fourth-order valence-electron chi connectivity index (χ4n) is 9.91. The number of hydrogen-bond donors (Lipinski definition) is 0. The zero-order valence-electron chi connectivity index (χ0n) is 50.3. The second-order valence-electron chi connectivity index (χ2n) is 22.4. The van der Waals surface area contributed by atoms with Gasteiger partial charge in [0, 0.05) is 19.3 Å². The summed E-state index contributed by atoms with van der Waals surface area (Å²) < 4.78 is 16.9. The Kier molecular flexibility index (Phi) is 61.7. The highest BCUT2D eigenvalue weighted by molar-refractivity contribution is 5.71. The number of carbonyl (C=O) groups is 3. The number of hydrogen-bond acceptors (Lipinski definition) is 6. The molecule has 0 aromatic carbocycles. The molecule has 0 bridgehead atoms. The fraction of sp³-hybridized carbons (Fsp3) is 0.841. The number of esters is 3. The molecule has 75 heavy (non-hydrogen) atoms. The minimum atomic E-state index is -0.765. The first-order valence-electron chi connectivity index (χ1n) is 33.1. The van der Waals surface area contributed by atoms with Crippen LogP contribution in [0.3, 0.4) is 0 Å². The number of unbranched alkanes of at least 4 members (excludes halogenated alkanes) is 42. The molecule has 0 amide bonds. The Balaban J connectivity index is 3.99. The molecule has 0 N–H and O–H groups in total. The van der Waals surface area contributed by atoms with Crippen molar-refractivity contribution in [3.8, 4) is 0 Å². The van der Waals surface area contributed by atoms with E-state index in [-0.39, 0.29) is 31.1 Å². The molecule has 0 saturated heterocycles. The Morgan fingerprint density at radius 2 is 0.520 bits per heavy atom. The molecule has 0 aliphatic carbocycles. The molecule has 0 saturated carbocycles. The molecular weight excluding hydrogens is 925 g/mol. The Morgan fingerprint density at radius 3 is 0.813 bits per heavy atom. The zero-order valence-corrected chi connectivity index (χ0v) is 50.3. The first-order chi connectivity index (χ1) is 37.0. The summed E-state index contributed by atoms with van der Waals surface area (Å²) in [5.74, 6) is -0.846. The predicted molar refractivity (Wildman–Crippen MR) is 325 cm³/mol. The molecule has 1 unspecified atom stereocenters. The highest BCUT2D eigenvalue weighted by Crippen LogP contribution is 2.18. The van der Waals surface area contributed by atoms with Crippen LogP contribution in [0.1, 0.15) is 355 Å². The maximum absolute atomic E-state index is 12.8. The van der Waals surface area contributed by atoms with Gasteiger partial charge in [-0.1, -0.05) is 326 Å². The van der Waals surface area contributed by atoms with E-state index in [2.05, 4.69) is 69.4 Å². The summed E-state index contributed by atoms with van der Waals surface area (Å²) in [6.07, 6.45) is 80.2. The van der Waals surface area contributed by atoms with Crippen molar-refractivity contribution in [1.29, 1.82) is 0 Å². The van der Waals surface area contributed by atoms with Gasteiger partial charge in [0.15, 0.2) is 6.10 Å². The van der Waals surface area contributed by atoms with Crippen LogP contribution in [0.5, 0.6) is 0 Å². The van der Waals surface area contributed by atoms with Crippen LogP contribution in [0.25, 0.3) is 0 Å². The Labute approximate surface area is 467 Å². The van der Waals surface area contributed by atoms with Crippen molar-refractivity contribution in [3.63, 3.8) is 0 Å². The summed E-state index contributed by atoms with van der Waals surface area (Å²) in [4.78, 5) is 38.1. The van der Waals surface area contributed by atoms with Crippen molar-refractivity contribution in [2.45, 2.75) is 361 Å². The molecule has 0 aromatic heterocycles. The summed E-state index contributed by atoms with van der Waals surface area (Å²) in [6, 6.07) is 0. The van der Waals surface area contributed by atoms with Gasteiger partial charge in [-0.05, 0) is 57.8 Å². The van der Waals surface area contributed by atoms with Gasteiger partial charge in [-0.25, -0.2) is 0 Å². The van der Waals surface area contributed by atoms with Crippen molar-refractivity contribution in [3.05, 3.63) is 48.6 Å². The molecule has 1 atom stereocenters. The van der Waals surface area contributed by atoms with Gasteiger partial charge in [0.1, 0.15) is 13.2 Å². The number of carbonyl (C=O) groups excluding carboxylic acids is 3. The van der Waals surface area contributed by atoms with Gasteiger partial charge >= 0.3 is 17.9 Å².